The largest absolute Gasteiger partial charge is 0.393 e. The Hall–Kier alpha value is -0.610. The van der Waals surface area contributed by atoms with Gasteiger partial charge in [0.2, 0.25) is 0 Å². The third kappa shape index (κ3) is 13.8. The molecule has 120 valence electrons. The predicted octanol–water partition coefficient (Wildman–Crippen LogP) is 3.73. The Morgan fingerprint density at radius 2 is 1.75 bits per heavy atom. The molecule has 0 aromatic heterocycles. The molecule has 0 rings (SSSR count). The molecule has 0 fully saturated rings. The minimum Gasteiger partial charge on any atom is -0.393 e. The molecular weight excluding hydrogens is 254 g/mol. The van der Waals surface area contributed by atoms with Gasteiger partial charge in [-0.05, 0) is 25.7 Å². The highest BCUT2D eigenvalue weighted by molar-refractivity contribution is 5.68. The second-order valence-electron chi connectivity index (χ2n) is 5.44. The SMILES string of the molecule is CCCCCCCCNOC(=O)CCCCC(O)CC. The maximum Gasteiger partial charge on any atom is 0.324 e. The molecule has 1 atom stereocenters. The summed E-state index contributed by atoms with van der Waals surface area (Å²) in [5, 5.41) is 9.37. The first-order valence-electron chi connectivity index (χ1n) is 8.31. The zero-order valence-electron chi connectivity index (χ0n) is 13.3. The maximum absolute atomic E-state index is 11.4. The van der Waals surface area contributed by atoms with Crippen molar-refractivity contribution in [2.45, 2.75) is 90.6 Å². The minimum absolute atomic E-state index is 0.193. The second kappa shape index (κ2) is 14.8. The van der Waals surface area contributed by atoms with Gasteiger partial charge in [-0.25, -0.2) is 0 Å². The summed E-state index contributed by atoms with van der Waals surface area (Å²) >= 11 is 0. The fraction of sp³-hybridized carbons (Fsp3) is 0.938. The van der Waals surface area contributed by atoms with Crippen LogP contribution >= 0.6 is 0 Å². The van der Waals surface area contributed by atoms with E-state index >= 15 is 0 Å². The third-order valence-electron chi connectivity index (χ3n) is 3.46. The van der Waals surface area contributed by atoms with Crippen molar-refractivity contribution < 1.29 is 14.7 Å². The van der Waals surface area contributed by atoms with Gasteiger partial charge in [0.05, 0.1) is 6.10 Å². The number of hydrogen-bond donors (Lipinski definition) is 2. The Morgan fingerprint density at radius 1 is 1.05 bits per heavy atom. The van der Waals surface area contributed by atoms with Gasteiger partial charge in [-0.15, -0.1) is 0 Å². The van der Waals surface area contributed by atoms with Crippen LogP contribution in [0.2, 0.25) is 0 Å². The standard InChI is InChI=1S/C16H33NO3/c1-3-5-6-7-8-11-14-17-20-16(19)13-10-9-12-15(18)4-2/h15,17-18H,3-14H2,1-2H3. The topological polar surface area (TPSA) is 58.6 Å². The van der Waals surface area contributed by atoms with Gasteiger partial charge in [-0.1, -0.05) is 52.4 Å². The quantitative estimate of drug-likeness (QED) is 0.377. The average Bonchev–Trinajstić information content (AvgIpc) is 2.46. The molecule has 20 heavy (non-hydrogen) atoms. The summed E-state index contributed by atoms with van der Waals surface area (Å²) in [7, 11) is 0. The number of nitrogens with one attached hydrogen (secondary N) is 1. The molecule has 4 heteroatoms. The smallest absolute Gasteiger partial charge is 0.324 e. The second-order valence-corrected chi connectivity index (χ2v) is 5.44. The lowest BCUT2D eigenvalue weighted by molar-refractivity contribution is -0.151. The van der Waals surface area contributed by atoms with Crippen LogP contribution in [0.25, 0.3) is 0 Å². The Kier molecular flexibility index (Phi) is 14.3. The van der Waals surface area contributed by atoms with Crippen molar-refractivity contribution in [1.29, 1.82) is 0 Å². The lowest BCUT2D eigenvalue weighted by Crippen LogP contribution is -2.21. The maximum atomic E-state index is 11.4. The van der Waals surface area contributed by atoms with Gasteiger partial charge in [0.1, 0.15) is 0 Å². The summed E-state index contributed by atoms with van der Waals surface area (Å²) in [4.78, 5) is 16.3. The first kappa shape index (κ1) is 19.4. The van der Waals surface area contributed by atoms with E-state index in [0.29, 0.717) is 6.42 Å². The summed E-state index contributed by atoms with van der Waals surface area (Å²) in [5.41, 5.74) is 2.74. The molecule has 0 saturated heterocycles. The fourth-order valence-electron chi connectivity index (χ4n) is 2.01. The third-order valence-corrected chi connectivity index (χ3v) is 3.46. The molecule has 0 heterocycles. The molecule has 0 saturated carbocycles. The van der Waals surface area contributed by atoms with E-state index < -0.39 is 0 Å². The van der Waals surface area contributed by atoms with Crippen molar-refractivity contribution in [3.8, 4) is 0 Å². The van der Waals surface area contributed by atoms with E-state index in [1.54, 1.807) is 0 Å². The Bertz CT molecular complexity index is 222. The van der Waals surface area contributed by atoms with Crippen molar-refractivity contribution in [3.63, 3.8) is 0 Å². The van der Waals surface area contributed by atoms with Gasteiger partial charge < -0.3 is 9.94 Å². The Labute approximate surface area is 124 Å². The molecule has 0 aliphatic carbocycles. The number of rotatable bonds is 14. The fourth-order valence-corrected chi connectivity index (χ4v) is 2.01. The van der Waals surface area contributed by atoms with Crippen LogP contribution in [0, 0.1) is 0 Å². The van der Waals surface area contributed by atoms with E-state index in [4.69, 9.17) is 4.84 Å². The Balaban J connectivity index is 3.20. The van der Waals surface area contributed by atoms with Gasteiger partial charge in [-0.2, -0.15) is 5.48 Å². The van der Waals surface area contributed by atoms with Crippen LogP contribution in [0.5, 0.6) is 0 Å². The number of aliphatic hydroxyl groups excluding tert-OH is 1. The summed E-state index contributed by atoms with van der Waals surface area (Å²) < 4.78 is 0. The van der Waals surface area contributed by atoms with Crippen LogP contribution in [0.1, 0.15) is 84.5 Å². The molecule has 0 radical (unpaired) electrons. The lowest BCUT2D eigenvalue weighted by Gasteiger charge is -2.07. The van der Waals surface area contributed by atoms with E-state index in [0.717, 1.165) is 38.6 Å². The van der Waals surface area contributed by atoms with E-state index in [-0.39, 0.29) is 12.1 Å². The molecule has 0 aliphatic heterocycles. The summed E-state index contributed by atoms with van der Waals surface area (Å²) in [6, 6.07) is 0. The van der Waals surface area contributed by atoms with Crippen molar-refractivity contribution >= 4 is 5.97 Å². The van der Waals surface area contributed by atoms with E-state index in [1.165, 1.54) is 32.1 Å². The number of carbonyl (C=O) groups excluding carboxylic acids is 1. The molecule has 0 aromatic rings. The zero-order valence-corrected chi connectivity index (χ0v) is 13.3. The molecule has 4 nitrogen and oxygen atoms in total. The summed E-state index contributed by atoms with van der Waals surface area (Å²) in [5.74, 6) is -0.193. The molecule has 2 N–H and O–H groups in total. The van der Waals surface area contributed by atoms with Crippen LogP contribution < -0.4 is 5.48 Å². The van der Waals surface area contributed by atoms with E-state index in [2.05, 4.69) is 12.4 Å². The molecular formula is C16H33NO3. The average molecular weight is 287 g/mol. The molecule has 0 aromatic carbocycles. The molecule has 0 aliphatic rings. The number of hydrogen-bond acceptors (Lipinski definition) is 4. The first-order valence-corrected chi connectivity index (χ1v) is 8.31. The number of carbonyl (C=O) groups is 1. The van der Waals surface area contributed by atoms with Crippen LogP contribution in [-0.4, -0.2) is 23.7 Å². The van der Waals surface area contributed by atoms with Crippen molar-refractivity contribution in [2.75, 3.05) is 6.54 Å². The van der Waals surface area contributed by atoms with Crippen LogP contribution in [0.15, 0.2) is 0 Å². The summed E-state index contributed by atoms with van der Waals surface area (Å²) in [6.45, 7) is 4.92. The number of unbranched alkanes of at least 4 members (excludes halogenated alkanes) is 6. The highest BCUT2D eigenvalue weighted by atomic mass is 16.7. The van der Waals surface area contributed by atoms with Crippen molar-refractivity contribution in [1.82, 2.24) is 5.48 Å². The highest BCUT2D eigenvalue weighted by Crippen LogP contribution is 2.07. The van der Waals surface area contributed by atoms with Gasteiger partial charge in [0.15, 0.2) is 0 Å². The van der Waals surface area contributed by atoms with Crippen LogP contribution in [-0.2, 0) is 9.63 Å². The van der Waals surface area contributed by atoms with E-state index in [9.17, 15) is 9.90 Å². The van der Waals surface area contributed by atoms with Crippen molar-refractivity contribution in [3.05, 3.63) is 0 Å². The summed E-state index contributed by atoms with van der Waals surface area (Å²) in [6.07, 6.45) is 10.8. The normalized spacial score (nSPS) is 12.3. The van der Waals surface area contributed by atoms with Crippen LogP contribution in [0.3, 0.4) is 0 Å². The van der Waals surface area contributed by atoms with Gasteiger partial charge in [0, 0.05) is 13.0 Å². The molecule has 0 spiro atoms. The molecule has 1 unspecified atom stereocenters. The first-order chi connectivity index (χ1) is 9.70. The Morgan fingerprint density at radius 3 is 2.45 bits per heavy atom. The zero-order chi connectivity index (χ0) is 15.1. The molecule has 0 bridgehead atoms. The number of aliphatic hydroxyl groups is 1. The number of hydroxylamine groups is 1. The molecule has 0 amide bonds. The highest BCUT2D eigenvalue weighted by Gasteiger charge is 2.04. The van der Waals surface area contributed by atoms with Crippen molar-refractivity contribution in [2.24, 2.45) is 0 Å². The van der Waals surface area contributed by atoms with Gasteiger partial charge in [-0.3, -0.25) is 4.79 Å². The van der Waals surface area contributed by atoms with Crippen LogP contribution in [0.4, 0.5) is 0 Å². The monoisotopic (exact) mass is 287 g/mol. The van der Waals surface area contributed by atoms with Gasteiger partial charge in [0.25, 0.3) is 0 Å². The lowest BCUT2D eigenvalue weighted by atomic mass is 10.1. The minimum atomic E-state index is -0.225. The van der Waals surface area contributed by atoms with Gasteiger partial charge >= 0.3 is 5.97 Å². The predicted molar refractivity (Wildman–Crippen MR) is 82.2 cm³/mol. The van der Waals surface area contributed by atoms with E-state index in [1.807, 2.05) is 6.92 Å².